The number of rotatable bonds is 3. The van der Waals surface area contributed by atoms with Crippen LogP contribution in [0, 0.1) is 0 Å². The van der Waals surface area contributed by atoms with Crippen molar-refractivity contribution in [3.8, 4) is 0 Å². The molecule has 0 saturated carbocycles. The SMILES string of the molecule is CNCCc1coc2c(Cl)ccc(Cl)c12. The van der Waals surface area contributed by atoms with Gasteiger partial charge in [-0.3, -0.25) is 0 Å². The minimum atomic E-state index is 0.602. The van der Waals surface area contributed by atoms with Crippen LogP contribution in [0.2, 0.25) is 10.0 Å². The molecule has 80 valence electrons. The molecule has 2 rings (SSSR count). The molecule has 0 amide bonds. The van der Waals surface area contributed by atoms with Gasteiger partial charge in [-0.2, -0.15) is 0 Å². The van der Waals surface area contributed by atoms with Crippen molar-refractivity contribution >= 4 is 34.2 Å². The smallest absolute Gasteiger partial charge is 0.154 e. The highest BCUT2D eigenvalue weighted by Gasteiger charge is 2.11. The predicted molar refractivity (Wildman–Crippen MR) is 63.9 cm³/mol. The van der Waals surface area contributed by atoms with Gasteiger partial charge in [0.05, 0.1) is 16.3 Å². The molecule has 0 aliphatic rings. The summed E-state index contributed by atoms with van der Waals surface area (Å²) in [7, 11) is 1.91. The van der Waals surface area contributed by atoms with Gasteiger partial charge in [0.25, 0.3) is 0 Å². The molecule has 1 heterocycles. The van der Waals surface area contributed by atoms with Crippen LogP contribution in [0.1, 0.15) is 5.56 Å². The molecule has 0 saturated heterocycles. The summed E-state index contributed by atoms with van der Waals surface area (Å²) < 4.78 is 5.41. The standard InChI is InChI=1S/C11H11Cl2NO/c1-14-5-4-7-6-15-11-9(13)3-2-8(12)10(7)11/h2-3,6,14H,4-5H2,1H3. The van der Waals surface area contributed by atoms with E-state index in [0.29, 0.717) is 15.6 Å². The molecular weight excluding hydrogens is 233 g/mol. The van der Waals surface area contributed by atoms with Crippen molar-refractivity contribution in [2.45, 2.75) is 6.42 Å². The van der Waals surface area contributed by atoms with Crippen molar-refractivity contribution in [1.29, 1.82) is 0 Å². The quantitative estimate of drug-likeness (QED) is 0.893. The van der Waals surface area contributed by atoms with E-state index in [2.05, 4.69) is 5.32 Å². The highest BCUT2D eigenvalue weighted by molar-refractivity contribution is 6.39. The van der Waals surface area contributed by atoms with Crippen LogP contribution in [0.15, 0.2) is 22.8 Å². The van der Waals surface area contributed by atoms with Gasteiger partial charge in [0.15, 0.2) is 5.58 Å². The summed E-state index contributed by atoms with van der Waals surface area (Å²) in [6.07, 6.45) is 2.60. The van der Waals surface area contributed by atoms with Crippen LogP contribution < -0.4 is 5.32 Å². The minimum Gasteiger partial charge on any atom is -0.462 e. The predicted octanol–water partition coefficient (Wildman–Crippen LogP) is 3.50. The van der Waals surface area contributed by atoms with E-state index in [1.54, 1.807) is 18.4 Å². The molecule has 0 bridgehead atoms. The van der Waals surface area contributed by atoms with Crippen LogP contribution in [0.3, 0.4) is 0 Å². The monoisotopic (exact) mass is 243 g/mol. The first kappa shape index (κ1) is 10.8. The maximum Gasteiger partial charge on any atom is 0.154 e. The Morgan fingerprint density at radius 3 is 2.73 bits per heavy atom. The Morgan fingerprint density at radius 1 is 1.27 bits per heavy atom. The zero-order valence-electron chi connectivity index (χ0n) is 8.31. The molecule has 4 heteroatoms. The van der Waals surface area contributed by atoms with E-state index < -0.39 is 0 Å². The first-order chi connectivity index (χ1) is 7.24. The molecule has 2 aromatic rings. The Morgan fingerprint density at radius 2 is 2.00 bits per heavy atom. The zero-order valence-corrected chi connectivity index (χ0v) is 9.82. The Bertz CT molecular complexity index is 479. The van der Waals surface area contributed by atoms with Crippen LogP contribution in [0.5, 0.6) is 0 Å². The summed E-state index contributed by atoms with van der Waals surface area (Å²) in [6, 6.07) is 3.54. The molecule has 0 atom stereocenters. The molecule has 15 heavy (non-hydrogen) atoms. The molecule has 0 radical (unpaired) electrons. The number of hydrogen-bond donors (Lipinski definition) is 1. The van der Waals surface area contributed by atoms with Gasteiger partial charge < -0.3 is 9.73 Å². The Kier molecular flexibility index (Phi) is 3.19. The summed E-state index contributed by atoms with van der Waals surface area (Å²) in [4.78, 5) is 0. The maximum atomic E-state index is 6.12. The van der Waals surface area contributed by atoms with Crippen molar-refractivity contribution in [3.05, 3.63) is 34.0 Å². The third-order valence-electron chi connectivity index (χ3n) is 2.34. The molecule has 0 aliphatic heterocycles. The van der Waals surface area contributed by atoms with Crippen molar-refractivity contribution in [2.24, 2.45) is 0 Å². The van der Waals surface area contributed by atoms with Crippen molar-refractivity contribution < 1.29 is 4.42 Å². The topological polar surface area (TPSA) is 25.2 Å². The Hall–Kier alpha value is -0.700. The summed E-state index contributed by atoms with van der Waals surface area (Å²) in [5.74, 6) is 0. The van der Waals surface area contributed by atoms with E-state index >= 15 is 0 Å². The third kappa shape index (κ3) is 1.98. The molecule has 0 aliphatic carbocycles. The minimum absolute atomic E-state index is 0.602. The first-order valence-electron chi connectivity index (χ1n) is 4.72. The van der Waals surface area contributed by atoms with Crippen LogP contribution in [-0.4, -0.2) is 13.6 Å². The van der Waals surface area contributed by atoms with Crippen molar-refractivity contribution in [3.63, 3.8) is 0 Å². The Balaban J connectivity index is 2.53. The third-order valence-corrected chi connectivity index (χ3v) is 2.96. The summed E-state index contributed by atoms with van der Waals surface area (Å²) in [5.41, 5.74) is 1.77. The number of nitrogens with one attached hydrogen (secondary N) is 1. The van der Waals surface area contributed by atoms with Crippen LogP contribution >= 0.6 is 23.2 Å². The Labute approximate surface area is 98.2 Å². The number of hydrogen-bond acceptors (Lipinski definition) is 2. The van der Waals surface area contributed by atoms with Gasteiger partial charge in [0.2, 0.25) is 0 Å². The largest absolute Gasteiger partial charge is 0.462 e. The van der Waals surface area contributed by atoms with Gasteiger partial charge in [0, 0.05) is 10.9 Å². The number of furan rings is 1. The molecule has 1 aromatic carbocycles. The van der Waals surface area contributed by atoms with E-state index in [9.17, 15) is 0 Å². The molecule has 0 spiro atoms. The lowest BCUT2D eigenvalue weighted by atomic mass is 10.1. The van der Waals surface area contributed by atoms with E-state index in [0.717, 1.165) is 23.9 Å². The molecule has 2 nitrogen and oxygen atoms in total. The maximum absolute atomic E-state index is 6.12. The number of halogens is 2. The second kappa shape index (κ2) is 4.44. The fourth-order valence-electron chi connectivity index (χ4n) is 1.58. The normalized spacial score (nSPS) is 11.1. The molecular formula is C11H11Cl2NO. The summed E-state index contributed by atoms with van der Waals surface area (Å²) in [5, 5.41) is 5.31. The fraction of sp³-hybridized carbons (Fsp3) is 0.273. The average Bonchev–Trinajstić information content (AvgIpc) is 2.65. The van der Waals surface area contributed by atoms with Gasteiger partial charge >= 0.3 is 0 Å². The fourth-order valence-corrected chi connectivity index (χ4v) is 2.05. The summed E-state index contributed by atoms with van der Waals surface area (Å²) >= 11 is 12.1. The number of likely N-dealkylation sites (N-methyl/N-ethyl adjacent to an activating group) is 1. The van der Waals surface area contributed by atoms with E-state index in [-0.39, 0.29) is 0 Å². The van der Waals surface area contributed by atoms with Crippen LogP contribution in [0.25, 0.3) is 11.0 Å². The van der Waals surface area contributed by atoms with Gasteiger partial charge in [0.1, 0.15) is 0 Å². The lowest BCUT2D eigenvalue weighted by molar-refractivity contribution is 0.609. The second-order valence-electron chi connectivity index (χ2n) is 3.35. The van der Waals surface area contributed by atoms with Gasteiger partial charge in [-0.25, -0.2) is 0 Å². The number of fused-ring (bicyclic) bond motifs is 1. The number of benzene rings is 1. The van der Waals surface area contributed by atoms with Crippen LogP contribution in [-0.2, 0) is 6.42 Å². The molecule has 0 fully saturated rings. The van der Waals surface area contributed by atoms with Crippen molar-refractivity contribution in [2.75, 3.05) is 13.6 Å². The highest BCUT2D eigenvalue weighted by atomic mass is 35.5. The molecule has 1 aromatic heterocycles. The lowest BCUT2D eigenvalue weighted by Gasteiger charge is -1.99. The highest BCUT2D eigenvalue weighted by Crippen LogP contribution is 2.33. The lowest BCUT2D eigenvalue weighted by Crippen LogP contribution is -2.09. The first-order valence-corrected chi connectivity index (χ1v) is 5.48. The van der Waals surface area contributed by atoms with E-state index in [4.69, 9.17) is 27.6 Å². The van der Waals surface area contributed by atoms with Gasteiger partial charge in [-0.1, -0.05) is 23.2 Å². The molecule has 0 unspecified atom stereocenters. The average molecular weight is 244 g/mol. The van der Waals surface area contributed by atoms with E-state index in [1.165, 1.54) is 0 Å². The summed E-state index contributed by atoms with van der Waals surface area (Å²) in [6.45, 7) is 0.886. The van der Waals surface area contributed by atoms with Crippen LogP contribution in [0.4, 0.5) is 0 Å². The molecule has 1 N–H and O–H groups in total. The van der Waals surface area contributed by atoms with Crippen molar-refractivity contribution in [1.82, 2.24) is 5.32 Å². The van der Waals surface area contributed by atoms with Gasteiger partial charge in [-0.15, -0.1) is 0 Å². The second-order valence-corrected chi connectivity index (χ2v) is 4.16. The zero-order chi connectivity index (χ0) is 10.8. The van der Waals surface area contributed by atoms with Gasteiger partial charge in [-0.05, 0) is 32.1 Å². The van der Waals surface area contributed by atoms with E-state index in [1.807, 2.05) is 7.05 Å².